The van der Waals surface area contributed by atoms with Gasteiger partial charge in [-0.25, -0.2) is 0 Å². The van der Waals surface area contributed by atoms with Crippen molar-refractivity contribution in [3.8, 4) is 0 Å². The van der Waals surface area contributed by atoms with Crippen LogP contribution in [0.5, 0.6) is 0 Å². The van der Waals surface area contributed by atoms with Crippen LogP contribution in [0.4, 0.5) is 0 Å². The molecule has 1 N–H and O–H groups in total. The van der Waals surface area contributed by atoms with Crippen molar-refractivity contribution in [2.24, 2.45) is 5.92 Å². The SMILES string of the molecule is Cc1ccc(C(C(=O)N[C@H](C(=O)N2CCOCC2)c2ccccc2)C(C)C)cc1. The molecule has 0 aliphatic carbocycles. The van der Waals surface area contributed by atoms with Crippen molar-refractivity contribution in [1.29, 1.82) is 0 Å². The van der Waals surface area contributed by atoms with E-state index in [1.54, 1.807) is 4.90 Å². The predicted octanol–water partition coefficient (Wildman–Crippen LogP) is 3.45. The summed E-state index contributed by atoms with van der Waals surface area (Å²) in [5.74, 6) is -0.425. The number of aryl methyl sites for hydroxylation is 1. The normalized spacial score (nSPS) is 16.3. The topological polar surface area (TPSA) is 58.6 Å². The Balaban J connectivity index is 1.86. The van der Waals surface area contributed by atoms with Crippen LogP contribution in [0.25, 0.3) is 0 Å². The average molecular weight is 395 g/mol. The molecule has 154 valence electrons. The fourth-order valence-electron chi connectivity index (χ4n) is 3.74. The fourth-order valence-corrected chi connectivity index (χ4v) is 3.74. The smallest absolute Gasteiger partial charge is 0.249 e. The van der Waals surface area contributed by atoms with E-state index in [1.807, 2.05) is 75.4 Å². The molecule has 5 heteroatoms. The van der Waals surface area contributed by atoms with Gasteiger partial charge in [-0.15, -0.1) is 0 Å². The standard InChI is InChI=1S/C24H30N2O3/c1-17(2)21(19-11-9-18(3)10-12-19)23(27)25-22(20-7-5-4-6-8-20)24(28)26-13-15-29-16-14-26/h4-12,17,21-22H,13-16H2,1-3H3,(H,25,27)/t21?,22-/m0/s1. The van der Waals surface area contributed by atoms with Gasteiger partial charge < -0.3 is 15.0 Å². The van der Waals surface area contributed by atoms with Gasteiger partial charge in [0.05, 0.1) is 19.1 Å². The Morgan fingerprint density at radius 2 is 1.55 bits per heavy atom. The van der Waals surface area contributed by atoms with Gasteiger partial charge in [0.2, 0.25) is 11.8 Å². The lowest BCUT2D eigenvalue weighted by Gasteiger charge is -2.32. The Bertz CT molecular complexity index is 812. The number of benzene rings is 2. The summed E-state index contributed by atoms with van der Waals surface area (Å²) in [6.07, 6.45) is 0. The van der Waals surface area contributed by atoms with Gasteiger partial charge >= 0.3 is 0 Å². The van der Waals surface area contributed by atoms with E-state index in [2.05, 4.69) is 5.32 Å². The maximum Gasteiger partial charge on any atom is 0.249 e. The van der Waals surface area contributed by atoms with Crippen LogP contribution in [-0.4, -0.2) is 43.0 Å². The van der Waals surface area contributed by atoms with E-state index in [0.717, 1.165) is 16.7 Å². The molecule has 2 aromatic carbocycles. The summed E-state index contributed by atoms with van der Waals surface area (Å²) in [5.41, 5.74) is 2.92. The molecule has 0 aromatic heterocycles. The number of carbonyl (C=O) groups excluding carboxylic acids is 2. The van der Waals surface area contributed by atoms with Crippen LogP contribution in [0.1, 0.15) is 42.5 Å². The third-order valence-electron chi connectivity index (χ3n) is 5.37. The van der Waals surface area contributed by atoms with E-state index >= 15 is 0 Å². The Morgan fingerprint density at radius 3 is 2.14 bits per heavy atom. The van der Waals surface area contributed by atoms with E-state index in [0.29, 0.717) is 26.3 Å². The molecule has 29 heavy (non-hydrogen) atoms. The molecule has 1 fully saturated rings. The van der Waals surface area contributed by atoms with Crippen molar-refractivity contribution in [3.63, 3.8) is 0 Å². The summed E-state index contributed by atoms with van der Waals surface area (Å²) >= 11 is 0. The van der Waals surface area contributed by atoms with Gasteiger partial charge in [-0.05, 0) is 24.0 Å². The minimum atomic E-state index is -0.700. The zero-order valence-electron chi connectivity index (χ0n) is 17.4. The Labute approximate surface area is 173 Å². The molecule has 1 aliphatic rings. The van der Waals surface area contributed by atoms with E-state index in [4.69, 9.17) is 4.74 Å². The minimum absolute atomic E-state index is 0.0840. The highest BCUT2D eigenvalue weighted by Gasteiger charge is 2.32. The van der Waals surface area contributed by atoms with E-state index < -0.39 is 6.04 Å². The number of ether oxygens (including phenoxy) is 1. The quantitative estimate of drug-likeness (QED) is 0.816. The number of rotatable bonds is 6. The number of hydrogen-bond donors (Lipinski definition) is 1. The second kappa shape index (κ2) is 9.70. The molecular formula is C24H30N2O3. The maximum atomic E-state index is 13.3. The second-order valence-electron chi connectivity index (χ2n) is 7.92. The first-order valence-corrected chi connectivity index (χ1v) is 10.3. The molecule has 5 nitrogen and oxygen atoms in total. The number of nitrogens with zero attached hydrogens (tertiary/aromatic N) is 1. The lowest BCUT2D eigenvalue weighted by molar-refractivity contribution is -0.140. The number of hydrogen-bond acceptors (Lipinski definition) is 3. The van der Waals surface area contributed by atoms with Gasteiger partial charge in [0, 0.05) is 13.1 Å². The van der Waals surface area contributed by atoms with Gasteiger partial charge in [-0.1, -0.05) is 74.0 Å². The van der Waals surface area contributed by atoms with Crippen LogP contribution in [0, 0.1) is 12.8 Å². The third kappa shape index (κ3) is 5.24. The number of amides is 2. The summed E-state index contributed by atoms with van der Waals surface area (Å²) < 4.78 is 5.37. The zero-order valence-corrected chi connectivity index (χ0v) is 17.4. The largest absolute Gasteiger partial charge is 0.378 e. The maximum absolute atomic E-state index is 13.3. The first kappa shape index (κ1) is 21.1. The molecule has 1 unspecified atom stereocenters. The van der Waals surface area contributed by atoms with Crippen LogP contribution in [-0.2, 0) is 14.3 Å². The highest BCUT2D eigenvalue weighted by molar-refractivity contribution is 5.91. The summed E-state index contributed by atoms with van der Waals surface area (Å²) in [4.78, 5) is 28.4. The summed E-state index contributed by atoms with van der Waals surface area (Å²) in [7, 11) is 0. The molecule has 0 radical (unpaired) electrons. The molecule has 2 amide bonds. The number of morpholine rings is 1. The van der Waals surface area contributed by atoms with Crippen LogP contribution in [0.2, 0.25) is 0 Å². The molecule has 1 heterocycles. The highest BCUT2D eigenvalue weighted by atomic mass is 16.5. The summed E-state index contributed by atoms with van der Waals surface area (Å²) in [6.45, 7) is 8.24. The zero-order chi connectivity index (χ0) is 20.8. The van der Waals surface area contributed by atoms with Gasteiger partial charge in [-0.2, -0.15) is 0 Å². The molecule has 0 bridgehead atoms. The van der Waals surface area contributed by atoms with Crippen LogP contribution in [0.15, 0.2) is 54.6 Å². The summed E-state index contributed by atoms with van der Waals surface area (Å²) in [5, 5.41) is 3.05. The molecule has 2 aromatic rings. The Kier molecular flexibility index (Phi) is 7.04. The number of nitrogens with one attached hydrogen (secondary N) is 1. The van der Waals surface area contributed by atoms with Gasteiger partial charge in [0.1, 0.15) is 6.04 Å². The van der Waals surface area contributed by atoms with E-state index in [-0.39, 0.29) is 23.7 Å². The molecule has 1 saturated heterocycles. The van der Waals surface area contributed by atoms with Crippen molar-refractivity contribution in [2.75, 3.05) is 26.3 Å². The van der Waals surface area contributed by atoms with Crippen LogP contribution < -0.4 is 5.32 Å². The van der Waals surface area contributed by atoms with E-state index in [9.17, 15) is 9.59 Å². The van der Waals surface area contributed by atoms with Crippen LogP contribution in [0.3, 0.4) is 0 Å². The molecule has 1 aliphatic heterocycles. The van der Waals surface area contributed by atoms with Crippen LogP contribution >= 0.6 is 0 Å². The van der Waals surface area contributed by atoms with Crippen molar-refractivity contribution >= 4 is 11.8 Å². The molecular weight excluding hydrogens is 364 g/mol. The highest BCUT2D eigenvalue weighted by Crippen LogP contribution is 2.27. The number of carbonyl (C=O) groups is 2. The second-order valence-corrected chi connectivity index (χ2v) is 7.92. The Hall–Kier alpha value is -2.66. The Morgan fingerprint density at radius 1 is 0.931 bits per heavy atom. The molecule has 0 spiro atoms. The first-order chi connectivity index (χ1) is 14.0. The lowest BCUT2D eigenvalue weighted by atomic mass is 9.87. The molecule has 2 atom stereocenters. The third-order valence-corrected chi connectivity index (χ3v) is 5.37. The first-order valence-electron chi connectivity index (χ1n) is 10.3. The van der Waals surface area contributed by atoms with Crippen molar-refractivity contribution in [2.45, 2.75) is 32.7 Å². The minimum Gasteiger partial charge on any atom is -0.378 e. The monoisotopic (exact) mass is 394 g/mol. The van der Waals surface area contributed by atoms with Gasteiger partial charge in [0.15, 0.2) is 0 Å². The molecule has 3 rings (SSSR count). The summed E-state index contributed by atoms with van der Waals surface area (Å²) in [6, 6.07) is 16.8. The fraction of sp³-hybridized carbons (Fsp3) is 0.417. The van der Waals surface area contributed by atoms with Gasteiger partial charge in [-0.3, -0.25) is 9.59 Å². The molecule has 0 saturated carbocycles. The average Bonchev–Trinajstić information content (AvgIpc) is 2.74. The predicted molar refractivity (Wildman–Crippen MR) is 113 cm³/mol. The van der Waals surface area contributed by atoms with Gasteiger partial charge in [0.25, 0.3) is 0 Å². The van der Waals surface area contributed by atoms with E-state index in [1.165, 1.54) is 0 Å². The lowest BCUT2D eigenvalue weighted by Crippen LogP contribution is -2.48. The van der Waals surface area contributed by atoms with Crippen molar-refractivity contribution in [3.05, 3.63) is 71.3 Å². The van der Waals surface area contributed by atoms with Crippen molar-refractivity contribution in [1.82, 2.24) is 10.2 Å². The van der Waals surface area contributed by atoms with Crippen molar-refractivity contribution < 1.29 is 14.3 Å².